The topological polar surface area (TPSA) is 51.4 Å². The van der Waals surface area contributed by atoms with E-state index >= 15 is 0 Å². The number of pyridine rings is 1. The van der Waals surface area contributed by atoms with Gasteiger partial charge in [-0.05, 0) is 12.0 Å². The summed E-state index contributed by atoms with van der Waals surface area (Å²) < 4.78 is 5.24. The highest BCUT2D eigenvalue weighted by Crippen LogP contribution is 2.21. The average Bonchev–Trinajstić information content (AvgIpc) is 2.59. The van der Waals surface area contributed by atoms with Crippen LogP contribution in [-0.2, 0) is 6.54 Å². The van der Waals surface area contributed by atoms with Crippen LogP contribution in [0, 0.1) is 5.92 Å². The van der Waals surface area contributed by atoms with Crippen LogP contribution in [0.2, 0.25) is 0 Å². The quantitative estimate of drug-likeness (QED) is 0.823. The van der Waals surface area contributed by atoms with Crippen molar-refractivity contribution in [3.8, 4) is 5.88 Å². The molecule has 0 amide bonds. The van der Waals surface area contributed by atoms with Gasteiger partial charge >= 0.3 is 0 Å². The molecule has 2 atom stereocenters. The van der Waals surface area contributed by atoms with E-state index in [1.54, 1.807) is 13.3 Å². The molecule has 88 valence electrons. The van der Waals surface area contributed by atoms with Crippen molar-refractivity contribution in [2.24, 2.45) is 11.7 Å². The maximum absolute atomic E-state index is 6.00. The minimum absolute atomic E-state index is 0.294. The minimum Gasteiger partial charge on any atom is -0.481 e. The van der Waals surface area contributed by atoms with Crippen LogP contribution in [0.3, 0.4) is 0 Å². The standard InChI is InChI=1S/C12H19N3O/c1-9-6-15(8-11(9)13)7-10-4-3-5-14-12(10)16-2/h3-5,9,11H,6-8,13H2,1-2H3. The third-order valence-electron chi connectivity index (χ3n) is 3.18. The van der Waals surface area contributed by atoms with Crippen LogP contribution in [0.5, 0.6) is 5.88 Å². The number of nitrogens with two attached hydrogens (primary N) is 1. The summed E-state index contributed by atoms with van der Waals surface area (Å²) in [7, 11) is 1.66. The number of likely N-dealkylation sites (tertiary alicyclic amines) is 1. The number of aromatic nitrogens is 1. The molecule has 1 aromatic rings. The fourth-order valence-electron chi connectivity index (χ4n) is 2.19. The first-order valence-electron chi connectivity index (χ1n) is 5.66. The highest BCUT2D eigenvalue weighted by Gasteiger charge is 2.26. The lowest BCUT2D eigenvalue weighted by Crippen LogP contribution is -2.28. The number of methoxy groups -OCH3 is 1. The smallest absolute Gasteiger partial charge is 0.217 e. The molecule has 2 unspecified atom stereocenters. The summed E-state index contributed by atoms with van der Waals surface area (Å²) in [4.78, 5) is 6.55. The van der Waals surface area contributed by atoms with E-state index in [-0.39, 0.29) is 0 Å². The maximum Gasteiger partial charge on any atom is 0.217 e. The zero-order valence-electron chi connectivity index (χ0n) is 9.89. The van der Waals surface area contributed by atoms with Crippen LogP contribution < -0.4 is 10.5 Å². The Morgan fingerprint density at radius 3 is 3.00 bits per heavy atom. The van der Waals surface area contributed by atoms with Gasteiger partial charge in [0, 0.05) is 37.4 Å². The minimum atomic E-state index is 0.294. The molecule has 4 nitrogen and oxygen atoms in total. The lowest BCUT2D eigenvalue weighted by molar-refractivity contribution is 0.307. The largest absolute Gasteiger partial charge is 0.481 e. The molecule has 1 aromatic heterocycles. The van der Waals surface area contributed by atoms with Crippen LogP contribution in [0.4, 0.5) is 0 Å². The van der Waals surface area contributed by atoms with Crippen molar-refractivity contribution in [2.75, 3.05) is 20.2 Å². The van der Waals surface area contributed by atoms with E-state index in [1.807, 2.05) is 6.07 Å². The summed E-state index contributed by atoms with van der Waals surface area (Å²) in [6, 6.07) is 4.29. The van der Waals surface area contributed by atoms with Gasteiger partial charge in [-0.25, -0.2) is 4.98 Å². The molecule has 2 N–H and O–H groups in total. The molecule has 0 aliphatic carbocycles. The molecule has 16 heavy (non-hydrogen) atoms. The van der Waals surface area contributed by atoms with Gasteiger partial charge in [0.15, 0.2) is 0 Å². The van der Waals surface area contributed by atoms with Gasteiger partial charge in [0.05, 0.1) is 7.11 Å². The van der Waals surface area contributed by atoms with Gasteiger partial charge in [0.2, 0.25) is 5.88 Å². The zero-order valence-corrected chi connectivity index (χ0v) is 9.89. The number of nitrogens with zero attached hydrogens (tertiary/aromatic N) is 2. The van der Waals surface area contributed by atoms with Crippen LogP contribution in [-0.4, -0.2) is 36.1 Å². The predicted molar refractivity (Wildman–Crippen MR) is 63.2 cm³/mol. The van der Waals surface area contributed by atoms with Gasteiger partial charge in [-0.2, -0.15) is 0 Å². The van der Waals surface area contributed by atoms with E-state index in [0.717, 1.165) is 31.1 Å². The molecule has 1 aliphatic heterocycles. The number of ether oxygens (including phenoxy) is 1. The Morgan fingerprint density at radius 2 is 2.38 bits per heavy atom. The summed E-state index contributed by atoms with van der Waals surface area (Å²) >= 11 is 0. The van der Waals surface area contributed by atoms with Crippen molar-refractivity contribution in [1.29, 1.82) is 0 Å². The van der Waals surface area contributed by atoms with Crippen molar-refractivity contribution in [2.45, 2.75) is 19.5 Å². The Labute approximate surface area is 96.4 Å². The van der Waals surface area contributed by atoms with E-state index in [2.05, 4.69) is 22.9 Å². The first-order chi connectivity index (χ1) is 7.70. The van der Waals surface area contributed by atoms with Gasteiger partial charge in [-0.1, -0.05) is 13.0 Å². The van der Waals surface area contributed by atoms with Gasteiger partial charge in [-0.3, -0.25) is 4.90 Å². The number of hydrogen-bond donors (Lipinski definition) is 1. The van der Waals surface area contributed by atoms with E-state index in [1.165, 1.54) is 0 Å². The van der Waals surface area contributed by atoms with Crippen LogP contribution >= 0.6 is 0 Å². The number of rotatable bonds is 3. The molecule has 1 fully saturated rings. The summed E-state index contributed by atoms with van der Waals surface area (Å²) in [6.07, 6.45) is 1.75. The molecule has 0 saturated carbocycles. The molecule has 1 aliphatic rings. The summed E-state index contributed by atoms with van der Waals surface area (Å²) in [5.74, 6) is 1.29. The van der Waals surface area contributed by atoms with Gasteiger partial charge in [0.25, 0.3) is 0 Å². The molecular weight excluding hydrogens is 202 g/mol. The normalized spacial score (nSPS) is 25.9. The van der Waals surface area contributed by atoms with E-state index in [9.17, 15) is 0 Å². The summed E-state index contributed by atoms with van der Waals surface area (Å²) in [5.41, 5.74) is 7.14. The molecule has 0 radical (unpaired) electrons. The average molecular weight is 221 g/mol. The van der Waals surface area contributed by atoms with E-state index in [0.29, 0.717) is 12.0 Å². The highest BCUT2D eigenvalue weighted by molar-refractivity contribution is 5.25. The fraction of sp³-hybridized carbons (Fsp3) is 0.583. The van der Waals surface area contributed by atoms with Crippen molar-refractivity contribution in [1.82, 2.24) is 9.88 Å². The van der Waals surface area contributed by atoms with Crippen LogP contribution in [0.25, 0.3) is 0 Å². The Bertz CT molecular complexity index is 346. The van der Waals surface area contributed by atoms with Gasteiger partial charge in [-0.15, -0.1) is 0 Å². The number of hydrogen-bond acceptors (Lipinski definition) is 4. The van der Waals surface area contributed by atoms with Crippen molar-refractivity contribution < 1.29 is 4.74 Å². The maximum atomic E-state index is 6.00. The lowest BCUT2D eigenvalue weighted by atomic mass is 10.1. The fourth-order valence-corrected chi connectivity index (χ4v) is 2.19. The van der Waals surface area contributed by atoms with Gasteiger partial charge in [0.1, 0.15) is 0 Å². The van der Waals surface area contributed by atoms with Gasteiger partial charge < -0.3 is 10.5 Å². The SMILES string of the molecule is COc1ncccc1CN1CC(C)C(N)C1. The highest BCUT2D eigenvalue weighted by atomic mass is 16.5. The molecule has 1 saturated heterocycles. The predicted octanol–water partition coefficient (Wildman–Crippen LogP) is 0.869. The first kappa shape index (κ1) is 11.4. The molecular formula is C12H19N3O. The van der Waals surface area contributed by atoms with E-state index < -0.39 is 0 Å². The Hall–Kier alpha value is -1.13. The third kappa shape index (κ3) is 2.33. The van der Waals surface area contributed by atoms with Crippen molar-refractivity contribution in [3.63, 3.8) is 0 Å². The van der Waals surface area contributed by atoms with Crippen LogP contribution in [0.1, 0.15) is 12.5 Å². The Kier molecular flexibility index (Phi) is 3.41. The molecule has 2 heterocycles. The molecule has 2 rings (SSSR count). The zero-order chi connectivity index (χ0) is 11.5. The van der Waals surface area contributed by atoms with Crippen molar-refractivity contribution in [3.05, 3.63) is 23.9 Å². The molecule has 0 spiro atoms. The second kappa shape index (κ2) is 4.80. The molecule has 0 bridgehead atoms. The second-order valence-corrected chi connectivity index (χ2v) is 4.51. The lowest BCUT2D eigenvalue weighted by Gasteiger charge is -2.16. The monoisotopic (exact) mass is 221 g/mol. The third-order valence-corrected chi connectivity index (χ3v) is 3.18. The van der Waals surface area contributed by atoms with E-state index in [4.69, 9.17) is 10.5 Å². The second-order valence-electron chi connectivity index (χ2n) is 4.51. The Morgan fingerprint density at radius 1 is 1.56 bits per heavy atom. The first-order valence-corrected chi connectivity index (χ1v) is 5.66. The Balaban J connectivity index is 2.04. The summed E-state index contributed by atoms with van der Waals surface area (Å²) in [5, 5.41) is 0. The molecule has 4 heteroatoms. The van der Waals surface area contributed by atoms with Crippen molar-refractivity contribution >= 4 is 0 Å². The van der Waals surface area contributed by atoms with Crippen LogP contribution in [0.15, 0.2) is 18.3 Å². The molecule has 0 aromatic carbocycles. The summed E-state index contributed by atoms with van der Waals surface area (Å²) in [6.45, 7) is 5.08.